The summed E-state index contributed by atoms with van der Waals surface area (Å²) in [6.07, 6.45) is 4.51. The minimum atomic E-state index is -0.491. The normalized spacial score (nSPS) is 11.2. The van der Waals surface area contributed by atoms with Gasteiger partial charge in [0.05, 0.1) is 0 Å². The highest BCUT2D eigenvalue weighted by Gasteiger charge is 2.23. The topological polar surface area (TPSA) is 42.4 Å². The molecule has 1 amide bonds. The van der Waals surface area contributed by atoms with Crippen LogP contribution in [0.3, 0.4) is 0 Å². The number of aromatic nitrogens is 1. The Morgan fingerprint density at radius 1 is 1.32 bits per heavy atom. The van der Waals surface area contributed by atoms with Crippen molar-refractivity contribution in [1.29, 1.82) is 0 Å². The first-order chi connectivity index (χ1) is 8.94. The summed E-state index contributed by atoms with van der Waals surface area (Å²) < 4.78 is 5.43. The summed E-state index contributed by atoms with van der Waals surface area (Å²) in [6.45, 7) is 8.38. The molecule has 0 atom stereocenters. The Hall–Kier alpha value is -1.58. The van der Waals surface area contributed by atoms with Gasteiger partial charge in [0, 0.05) is 12.7 Å². The monoisotopic (exact) mass is 264 g/mol. The quantitative estimate of drug-likeness (QED) is 0.754. The lowest BCUT2D eigenvalue weighted by molar-refractivity contribution is 0.0578. The van der Waals surface area contributed by atoms with Crippen molar-refractivity contribution < 1.29 is 9.53 Å². The van der Waals surface area contributed by atoms with Crippen molar-refractivity contribution in [2.24, 2.45) is 0 Å². The zero-order valence-electron chi connectivity index (χ0n) is 12.3. The van der Waals surface area contributed by atoms with Gasteiger partial charge in [-0.15, -0.1) is 0 Å². The van der Waals surface area contributed by atoms with E-state index < -0.39 is 5.60 Å². The van der Waals surface area contributed by atoms with E-state index in [1.807, 2.05) is 39.0 Å². The second kappa shape index (κ2) is 7.12. The van der Waals surface area contributed by atoms with Crippen LogP contribution < -0.4 is 4.90 Å². The van der Waals surface area contributed by atoms with Crippen molar-refractivity contribution in [3.05, 3.63) is 24.4 Å². The molecule has 4 nitrogen and oxygen atoms in total. The van der Waals surface area contributed by atoms with E-state index in [9.17, 15) is 4.79 Å². The first-order valence-corrected chi connectivity index (χ1v) is 6.85. The predicted octanol–water partition coefficient (Wildman–Crippen LogP) is 4.01. The third-order valence-corrected chi connectivity index (χ3v) is 2.52. The van der Waals surface area contributed by atoms with Crippen LogP contribution in [-0.2, 0) is 4.74 Å². The zero-order valence-corrected chi connectivity index (χ0v) is 12.3. The lowest BCUT2D eigenvalue weighted by atomic mass is 10.2. The molecule has 0 aliphatic carbocycles. The number of rotatable bonds is 5. The number of carbonyl (C=O) groups excluding carboxylic acids is 1. The molecule has 0 aliphatic rings. The average molecular weight is 264 g/mol. The predicted molar refractivity (Wildman–Crippen MR) is 77.3 cm³/mol. The summed E-state index contributed by atoms with van der Waals surface area (Å²) in [5, 5.41) is 0. The molecular formula is C15H24N2O2. The largest absolute Gasteiger partial charge is 0.443 e. The summed E-state index contributed by atoms with van der Waals surface area (Å²) >= 11 is 0. The molecule has 19 heavy (non-hydrogen) atoms. The van der Waals surface area contributed by atoms with Crippen LogP contribution in [0, 0.1) is 0 Å². The van der Waals surface area contributed by atoms with Gasteiger partial charge in [-0.1, -0.05) is 25.8 Å². The van der Waals surface area contributed by atoms with E-state index in [1.165, 1.54) is 0 Å². The van der Waals surface area contributed by atoms with Crippen LogP contribution in [0.1, 0.15) is 47.0 Å². The first-order valence-electron chi connectivity index (χ1n) is 6.85. The second-order valence-electron chi connectivity index (χ2n) is 5.53. The lowest BCUT2D eigenvalue weighted by Crippen LogP contribution is -2.38. The fraction of sp³-hybridized carbons (Fsp3) is 0.600. The fourth-order valence-corrected chi connectivity index (χ4v) is 1.65. The van der Waals surface area contributed by atoms with Crippen molar-refractivity contribution in [3.8, 4) is 0 Å². The molecule has 1 heterocycles. The van der Waals surface area contributed by atoms with E-state index in [-0.39, 0.29) is 6.09 Å². The number of nitrogens with zero attached hydrogens (tertiary/aromatic N) is 2. The number of hydrogen-bond donors (Lipinski definition) is 0. The molecule has 0 aliphatic heterocycles. The molecule has 0 radical (unpaired) electrons. The maximum absolute atomic E-state index is 12.2. The van der Waals surface area contributed by atoms with E-state index in [4.69, 9.17) is 4.74 Å². The minimum absolute atomic E-state index is 0.331. The average Bonchev–Trinajstić information content (AvgIpc) is 2.33. The molecule has 106 valence electrons. The van der Waals surface area contributed by atoms with Crippen molar-refractivity contribution in [1.82, 2.24) is 4.98 Å². The van der Waals surface area contributed by atoms with Crippen LogP contribution in [0.5, 0.6) is 0 Å². The minimum Gasteiger partial charge on any atom is -0.443 e. The molecule has 0 aromatic carbocycles. The SMILES string of the molecule is CCCCCN(C(=O)OC(C)(C)C)c1ccccn1. The Bertz CT molecular complexity index is 385. The molecule has 0 bridgehead atoms. The van der Waals surface area contributed by atoms with Crippen molar-refractivity contribution in [2.75, 3.05) is 11.4 Å². The van der Waals surface area contributed by atoms with Gasteiger partial charge in [0.1, 0.15) is 11.4 Å². The van der Waals surface area contributed by atoms with E-state index >= 15 is 0 Å². The Morgan fingerprint density at radius 2 is 2.05 bits per heavy atom. The highest BCUT2D eigenvalue weighted by Crippen LogP contribution is 2.16. The number of pyridine rings is 1. The molecule has 0 fully saturated rings. The smallest absolute Gasteiger partial charge is 0.416 e. The molecule has 0 saturated heterocycles. The van der Waals surface area contributed by atoms with Gasteiger partial charge in [0.25, 0.3) is 0 Å². The number of ether oxygens (including phenoxy) is 1. The maximum Gasteiger partial charge on any atom is 0.416 e. The number of anilines is 1. The Labute approximate surface area is 115 Å². The molecule has 0 spiro atoms. The van der Waals surface area contributed by atoms with Crippen LogP contribution in [0.2, 0.25) is 0 Å². The lowest BCUT2D eigenvalue weighted by Gasteiger charge is -2.26. The zero-order chi connectivity index (χ0) is 14.3. The van der Waals surface area contributed by atoms with Crippen molar-refractivity contribution >= 4 is 11.9 Å². The van der Waals surface area contributed by atoms with Gasteiger partial charge in [-0.2, -0.15) is 0 Å². The molecule has 0 saturated carbocycles. The number of amides is 1. The highest BCUT2D eigenvalue weighted by atomic mass is 16.6. The summed E-state index contributed by atoms with van der Waals surface area (Å²) in [7, 11) is 0. The van der Waals surface area contributed by atoms with E-state index in [0.29, 0.717) is 12.4 Å². The molecule has 1 rings (SSSR count). The van der Waals surface area contributed by atoms with Gasteiger partial charge in [0.2, 0.25) is 0 Å². The first kappa shape index (κ1) is 15.5. The summed E-state index contributed by atoms with van der Waals surface area (Å²) in [6, 6.07) is 5.54. The van der Waals surface area contributed by atoms with E-state index in [0.717, 1.165) is 19.3 Å². The second-order valence-corrected chi connectivity index (χ2v) is 5.53. The molecule has 1 aromatic rings. The third kappa shape index (κ3) is 5.73. The molecule has 4 heteroatoms. The van der Waals surface area contributed by atoms with E-state index in [2.05, 4.69) is 11.9 Å². The fourth-order valence-electron chi connectivity index (χ4n) is 1.65. The molecule has 0 N–H and O–H groups in total. The van der Waals surface area contributed by atoms with Crippen LogP contribution in [0.15, 0.2) is 24.4 Å². The van der Waals surface area contributed by atoms with Gasteiger partial charge in [0.15, 0.2) is 0 Å². The van der Waals surface area contributed by atoms with Crippen LogP contribution in [-0.4, -0.2) is 23.2 Å². The van der Waals surface area contributed by atoms with Gasteiger partial charge >= 0.3 is 6.09 Å². The van der Waals surface area contributed by atoms with Crippen LogP contribution in [0.25, 0.3) is 0 Å². The number of hydrogen-bond acceptors (Lipinski definition) is 3. The van der Waals surface area contributed by atoms with Gasteiger partial charge in [-0.3, -0.25) is 4.90 Å². The van der Waals surface area contributed by atoms with Crippen molar-refractivity contribution in [3.63, 3.8) is 0 Å². The summed E-state index contributed by atoms with van der Waals surface area (Å²) in [5.41, 5.74) is -0.491. The Kier molecular flexibility index (Phi) is 5.80. The van der Waals surface area contributed by atoms with Crippen molar-refractivity contribution in [2.45, 2.75) is 52.6 Å². The van der Waals surface area contributed by atoms with E-state index in [1.54, 1.807) is 11.1 Å². The summed E-state index contributed by atoms with van der Waals surface area (Å²) in [5.74, 6) is 0.646. The summed E-state index contributed by atoms with van der Waals surface area (Å²) in [4.78, 5) is 18.1. The van der Waals surface area contributed by atoms with Gasteiger partial charge in [-0.25, -0.2) is 9.78 Å². The molecule has 0 unspecified atom stereocenters. The standard InChI is InChI=1S/C15H24N2O2/c1-5-6-9-12-17(13-10-7-8-11-16-13)14(18)19-15(2,3)4/h7-8,10-11H,5-6,9,12H2,1-4H3. The van der Waals surface area contributed by atoms with Crippen LogP contribution >= 0.6 is 0 Å². The number of unbranched alkanes of at least 4 members (excludes halogenated alkanes) is 2. The third-order valence-electron chi connectivity index (χ3n) is 2.52. The highest BCUT2D eigenvalue weighted by molar-refractivity contribution is 5.86. The van der Waals surface area contributed by atoms with Gasteiger partial charge in [-0.05, 0) is 39.3 Å². The molecule has 1 aromatic heterocycles. The Balaban J connectivity index is 2.77. The van der Waals surface area contributed by atoms with Gasteiger partial charge < -0.3 is 4.74 Å². The van der Waals surface area contributed by atoms with Crippen LogP contribution in [0.4, 0.5) is 10.6 Å². The number of carbonyl (C=O) groups is 1. The Morgan fingerprint density at radius 3 is 2.58 bits per heavy atom. The molecular weight excluding hydrogens is 240 g/mol. The maximum atomic E-state index is 12.2.